The second-order valence-corrected chi connectivity index (χ2v) is 3.54. The number of rotatable bonds is 3. The van der Waals surface area contributed by atoms with Crippen LogP contribution in [0.3, 0.4) is 0 Å². The van der Waals surface area contributed by atoms with Crippen molar-refractivity contribution in [1.82, 2.24) is 15.1 Å². The first kappa shape index (κ1) is 11.5. The highest BCUT2D eigenvalue weighted by atomic mass is 16.1. The lowest BCUT2D eigenvalue weighted by Crippen LogP contribution is -2.24. The first-order valence-electron chi connectivity index (χ1n) is 4.98. The Morgan fingerprint density at radius 3 is 2.80 bits per heavy atom. The number of amides is 1. The number of hydrogen-bond acceptors (Lipinski definition) is 2. The van der Waals surface area contributed by atoms with E-state index < -0.39 is 0 Å². The summed E-state index contributed by atoms with van der Waals surface area (Å²) in [5, 5.41) is 7.01. The van der Waals surface area contributed by atoms with Crippen molar-refractivity contribution in [1.29, 1.82) is 0 Å². The second-order valence-electron chi connectivity index (χ2n) is 3.54. The zero-order chi connectivity index (χ0) is 11.4. The van der Waals surface area contributed by atoms with Crippen molar-refractivity contribution in [2.75, 3.05) is 0 Å². The molecule has 1 rings (SSSR count). The molecular weight excluding hydrogens is 190 g/mol. The van der Waals surface area contributed by atoms with E-state index in [1.807, 2.05) is 27.8 Å². The van der Waals surface area contributed by atoms with E-state index in [1.165, 1.54) is 6.08 Å². The number of nitrogens with one attached hydrogen (secondary N) is 1. The second kappa shape index (κ2) is 4.77. The average molecular weight is 207 g/mol. The van der Waals surface area contributed by atoms with Gasteiger partial charge in [-0.15, -0.1) is 0 Å². The van der Waals surface area contributed by atoms with Crippen LogP contribution in [0.1, 0.15) is 31.1 Å². The number of allylic oxidation sites excluding steroid dienone is 1. The number of hydrogen-bond donors (Lipinski definition) is 1. The molecule has 1 atom stereocenters. The molecule has 1 aromatic heterocycles. The smallest absolute Gasteiger partial charge is 0.244 e. The molecule has 0 aromatic carbocycles. The standard InChI is InChI=1S/C11H17N3O/c1-5-6-11(15)13-8(2)10-7-12-14(4)9(10)3/h5-8H,1-4H3,(H,13,15). The summed E-state index contributed by atoms with van der Waals surface area (Å²) in [4.78, 5) is 11.3. The van der Waals surface area contributed by atoms with Crippen molar-refractivity contribution in [3.8, 4) is 0 Å². The molecule has 4 heteroatoms. The van der Waals surface area contributed by atoms with Gasteiger partial charge < -0.3 is 5.32 Å². The minimum atomic E-state index is -0.0757. The maximum atomic E-state index is 11.3. The minimum absolute atomic E-state index is 0.0117. The van der Waals surface area contributed by atoms with Crippen molar-refractivity contribution in [3.63, 3.8) is 0 Å². The van der Waals surface area contributed by atoms with Gasteiger partial charge in [-0.05, 0) is 26.8 Å². The van der Waals surface area contributed by atoms with Crippen LogP contribution in [0.25, 0.3) is 0 Å². The molecule has 82 valence electrons. The monoisotopic (exact) mass is 207 g/mol. The van der Waals surface area contributed by atoms with Crippen LogP contribution in [-0.2, 0) is 11.8 Å². The van der Waals surface area contributed by atoms with Gasteiger partial charge in [0.15, 0.2) is 0 Å². The minimum Gasteiger partial charge on any atom is -0.346 e. The first-order valence-corrected chi connectivity index (χ1v) is 4.98. The fraction of sp³-hybridized carbons (Fsp3) is 0.455. The molecule has 0 spiro atoms. The normalized spacial score (nSPS) is 13.1. The summed E-state index contributed by atoms with van der Waals surface area (Å²) < 4.78 is 1.80. The number of aryl methyl sites for hydroxylation is 1. The van der Waals surface area contributed by atoms with Crippen LogP contribution >= 0.6 is 0 Å². The van der Waals surface area contributed by atoms with Gasteiger partial charge in [-0.25, -0.2) is 0 Å². The molecule has 0 aliphatic heterocycles. The van der Waals surface area contributed by atoms with Crippen LogP contribution in [0.4, 0.5) is 0 Å². The van der Waals surface area contributed by atoms with E-state index in [-0.39, 0.29) is 11.9 Å². The first-order chi connectivity index (χ1) is 7.06. The van der Waals surface area contributed by atoms with Crippen LogP contribution in [0.15, 0.2) is 18.3 Å². The van der Waals surface area contributed by atoms with E-state index in [4.69, 9.17) is 0 Å². The zero-order valence-corrected chi connectivity index (χ0v) is 9.61. The number of carbonyl (C=O) groups excluding carboxylic acids is 1. The van der Waals surface area contributed by atoms with E-state index in [0.717, 1.165) is 11.3 Å². The molecule has 0 radical (unpaired) electrons. The zero-order valence-electron chi connectivity index (χ0n) is 9.61. The number of carbonyl (C=O) groups is 1. The summed E-state index contributed by atoms with van der Waals surface area (Å²) in [5.74, 6) is -0.0757. The van der Waals surface area contributed by atoms with Gasteiger partial charge in [0.1, 0.15) is 0 Å². The van der Waals surface area contributed by atoms with E-state index in [2.05, 4.69) is 10.4 Å². The van der Waals surface area contributed by atoms with Crippen LogP contribution in [-0.4, -0.2) is 15.7 Å². The van der Waals surface area contributed by atoms with E-state index >= 15 is 0 Å². The summed E-state index contributed by atoms with van der Waals surface area (Å²) >= 11 is 0. The molecule has 0 saturated carbocycles. The lowest BCUT2D eigenvalue weighted by Gasteiger charge is -2.11. The summed E-state index contributed by atoms with van der Waals surface area (Å²) in [7, 11) is 1.89. The summed E-state index contributed by atoms with van der Waals surface area (Å²) in [6.07, 6.45) is 5.02. The number of aromatic nitrogens is 2. The molecule has 0 bridgehead atoms. The van der Waals surface area contributed by atoms with Crippen LogP contribution in [0.2, 0.25) is 0 Å². The Balaban J connectivity index is 2.73. The molecule has 1 N–H and O–H groups in total. The Kier molecular flexibility index (Phi) is 3.66. The summed E-state index contributed by atoms with van der Waals surface area (Å²) in [6, 6.07) is -0.0117. The van der Waals surface area contributed by atoms with Crippen LogP contribution in [0.5, 0.6) is 0 Å². The molecule has 1 unspecified atom stereocenters. The van der Waals surface area contributed by atoms with Gasteiger partial charge in [0.2, 0.25) is 5.91 Å². The molecule has 1 heterocycles. The van der Waals surface area contributed by atoms with Crippen molar-refractivity contribution in [2.24, 2.45) is 7.05 Å². The quantitative estimate of drug-likeness (QED) is 0.763. The van der Waals surface area contributed by atoms with Gasteiger partial charge in [-0.3, -0.25) is 9.48 Å². The third-order valence-corrected chi connectivity index (χ3v) is 2.42. The molecule has 15 heavy (non-hydrogen) atoms. The third kappa shape index (κ3) is 2.68. The predicted octanol–water partition coefficient (Wildman–Crippen LogP) is 1.48. The third-order valence-electron chi connectivity index (χ3n) is 2.42. The van der Waals surface area contributed by atoms with Crippen molar-refractivity contribution in [3.05, 3.63) is 29.6 Å². The summed E-state index contributed by atoms with van der Waals surface area (Å²) in [6.45, 7) is 5.76. The van der Waals surface area contributed by atoms with Crippen molar-refractivity contribution in [2.45, 2.75) is 26.8 Å². The highest BCUT2D eigenvalue weighted by molar-refractivity contribution is 5.87. The molecule has 0 aliphatic rings. The molecule has 1 aromatic rings. The molecular formula is C11H17N3O. The largest absolute Gasteiger partial charge is 0.346 e. The Morgan fingerprint density at radius 1 is 1.67 bits per heavy atom. The fourth-order valence-corrected chi connectivity index (χ4v) is 1.43. The molecule has 4 nitrogen and oxygen atoms in total. The highest BCUT2D eigenvalue weighted by Crippen LogP contribution is 2.15. The van der Waals surface area contributed by atoms with E-state index in [1.54, 1.807) is 17.0 Å². The Morgan fingerprint density at radius 2 is 2.33 bits per heavy atom. The topological polar surface area (TPSA) is 46.9 Å². The van der Waals surface area contributed by atoms with Gasteiger partial charge in [0.25, 0.3) is 0 Å². The van der Waals surface area contributed by atoms with Gasteiger partial charge in [0.05, 0.1) is 12.2 Å². The number of nitrogens with zero attached hydrogens (tertiary/aromatic N) is 2. The molecule has 0 fully saturated rings. The molecule has 0 aliphatic carbocycles. The van der Waals surface area contributed by atoms with Crippen LogP contribution < -0.4 is 5.32 Å². The SMILES string of the molecule is CC=CC(=O)NC(C)c1cnn(C)c1C. The van der Waals surface area contributed by atoms with E-state index in [9.17, 15) is 4.79 Å². The Labute approximate surface area is 90.0 Å². The maximum Gasteiger partial charge on any atom is 0.244 e. The van der Waals surface area contributed by atoms with Crippen LogP contribution in [0, 0.1) is 6.92 Å². The van der Waals surface area contributed by atoms with Gasteiger partial charge in [-0.2, -0.15) is 5.10 Å². The summed E-state index contributed by atoms with van der Waals surface area (Å²) in [5.41, 5.74) is 2.12. The highest BCUT2D eigenvalue weighted by Gasteiger charge is 2.12. The van der Waals surface area contributed by atoms with Gasteiger partial charge >= 0.3 is 0 Å². The maximum absolute atomic E-state index is 11.3. The fourth-order valence-electron chi connectivity index (χ4n) is 1.43. The van der Waals surface area contributed by atoms with Gasteiger partial charge in [0, 0.05) is 18.3 Å². The predicted molar refractivity (Wildman–Crippen MR) is 59.3 cm³/mol. The molecule has 1 amide bonds. The van der Waals surface area contributed by atoms with Crippen molar-refractivity contribution < 1.29 is 4.79 Å². The average Bonchev–Trinajstić information content (AvgIpc) is 2.48. The lowest BCUT2D eigenvalue weighted by molar-refractivity contribution is -0.117. The molecule has 0 saturated heterocycles. The lowest BCUT2D eigenvalue weighted by atomic mass is 10.1. The van der Waals surface area contributed by atoms with Crippen molar-refractivity contribution >= 4 is 5.91 Å². The Hall–Kier alpha value is -1.58. The van der Waals surface area contributed by atoms with E-state index in [0.29, 0.717) is 0 Å². The Bertz CT molecular complexity index is 379. The van der Waals surface area contributed by atoms with Gasteiger partial charge in [-0.1, -0.05) is 6.08 Å².